The molecule has 86 valence electrons. The Hall–Kier alpha value is -1.55. The highest BCUT2D eigenvalue weighted by Crippen LogP contribution is 2.18. The molecule has 16 heavy (non-hydrogen) atoms. The third kappa shape index (κ3) is 2.17. The van der Waals surface area contributed by atoms with E-state index in [9.17, 15) is 0 Å². The summed E-state index contributed by atoms with van der Waals surface area (Å²) in [6, 6.07) is 4.38. The maximum Gasteiger partial charge on any atom is 0.0950 e. The summed E-state index contributed by atoms with van der Waals surface area (Å²) in [6.45, 7) is 2.01. The minimum absolute atomic E-state index is 0.272. The summed E-state index contributed by atoms with van der Waals surface area (Å²) in [5, 5.41) is 7.63. The standard InChI is InChI=1S/C12H17N3O/c1-9-6-11(15(3)14-9)7-12(13-2)10-4-5-16-8-10/h4-6,8,12-13H,7H2,1-3H3. The second-order valence-electron chi connectivity index (χ2n) is 4.00. The van der Waals surface area contributed by atoms with Crippen LogP contribution in [0.15, 0.2) is 29.1 Å². The number of nitrogens with one attached hydrogen (secondary N) is 1. The molecule has 1 atom stereocenters. The van der Waals surface area contributed by atoms with Gasteiger partial charge in [0.05, 0.1) is 18.2 Å². The molecule has 0 aliphatic rings. The van der Waals surface area contributed by atoms with Crippen LogP contribution in [0.25, 0.3) is 0 Å². The third-order valence-electron chi connectivity index (χ3n) is 2.81. The Kier molecular flexibility index (Phi) is 3.10. The Morgan fingerprint density at radius 2 is 2.38 bits per heavy atom. The van der Waals surface area contributed by atoms with Crippen molar-refractivity contribution in [1.82, 2.24) is 15.1 Å². The molecule has 2 rings (SSSR count). The van der Waals surface area contributed by atoms with Crippen LogP contribution in [0.5, 0.6) is 0 Å². The molecule has 0 fully saturated rings. The van der Waals surface area contributed by atoms with E-state index < -0.39 is 0 Å². The zero-order valence-electron chi connectivity index (χ0n) is 9.90. The molecule has 0 aliphatic heterocycles. The molecule has 0 saturated heterocycles. The topological polar surface area (TPSA) is 43.0 Å². The van der Waals surface area contributed by atoms with Gasteiger partial charge in [0, 0.05) is 30.8 Å². The molecule has 0 aromatic carbocycles. The Morgan fingerprint density at radius 3 is 2.88 bits per heavy atom. The van der Waals surface area contributed by atoms with Crippen LogP contribution in [0.2, 0.25) is 0 Å². The minimum atomic E-state index is 0.272. The second kappa shape index (κ2) is 4.53. The quantitative estimate of drug-likeness (QED) is 0.853. The van der Waals surface area contributed by atoms with Gasteiger partial charge < -0.3 is 9.73 Å². The van der Waals surface area contributed by atoms with Gasteiger partial charge in [-0.3, -0.25) is 4.68 Å². The summed E-state index contributed by atoms with van der Waals surface area (Å²) in [7, 11) is 3.94. The Balaban J connectivity index is 2.16. The molecule has 2 aromatic heterocycles. The monoisotopic (exact) mass is 219 g/mol. The van der Waals surface area contributed by atoms with Gasteiger partial charge in [-0.1, -0.05) is 0 Å². The van der Waals surface area contributed by atoms with Crippen LogP contribution in [0, 0.1) is 6.92 Å². The van der Waals surface area contributed by atoms with Gasteiger partial charge in [-0.25, -0.2) is 0 Å². The maximum absolute atomic E-state index is 5.11. The van der Waals surface area contributed by atoms with E-state index in [-0.39, 0.29) is 6.04 Å². The van der Waals surface area contributed by atoms with E-state index in [2.05, 4.69) is 16.5 Å². The first-order valence-electron chi connectivity index (χ1n) is 5.39. The van der Waals surface area contributed by atoms with E-state index in [1.165, 1.54) is 11.3 Å². The average molecular weight is 219 g/mol. The molecule has 0 saturated carbocycles. The van der Waals surface area contributed by atoms with E-state index in [4.69, 9.17) is 4.42 Å². The highest BCUT2D eigenvalue weighted by Gasteiger charge is 2.13. The van der Waals surface area contributed by atoms with Crippen molar-refractivity contribution in [2.24, 2.45) is 7.05 Å². The van der Waals surface area contributed by atoms with E-state index in [1.54, 1.807) is 12.5 Å². The van der Waals surface area contributed by atoms with Gasteiger partial charge in [0.15, 0.2) is 0 Å². The first-order chi connectivity index (χ1) is 7.70. The lowest BCUT2D eigenvalue weighted by molar-refractivity contribution is 0.532. The van der Waals surface area contributed by atoms with Crippen molar-refractivity contribution in [1.29, 1.82) is 0 Å². The number of hydrogen-bond acceptors (Lipinski definition) is 3. The summed E-state index contributed by atoms with van der Waals surface area (Å²) in [4.78, 5) is 0. The van der Waals surface area contributed by atoms with Crippen LogP contribution < -0.4 is 5.32 Å². The molecule has 0 bridgehead atoms. The number of rotatable bonds is 4. The molecule has 0 radical (unpaired) electrons. The van der Waals surface area contributed by atoms with Gasteiger partial charge in [-0.15, -0.1) is 0 Å². The molecule has 0 aliphatic carbocycles. The maximum atomic E-state index is 5.11. The van der Waals surface area contributed by atoms with Crippen molar-refractivity contribution >= 4 is 0 Å². The molecule has 4 heteroatoms. The van der Waals surface area contributed by atoms with Crippen LogP contribution in [0.1, 0.15) is 23.0 Å². The molecular weight excluding hydrogens is 202 g/mol. The molecule has 2 aromatic rings. The zero-order chi connectivity index (χ0) is 11.5. The molecule has 0 spiro atoms. The summed E-state index contributed by atoms with van der Waals surface area (Å²) in [5.74, 6) is 0. The van der Waals surface area contributed by atoms with Crippen LogP contribution in [0.3, 0.4) is 0 Å². The summed E-state index contributed by atoms with van der Waals surface area (Å²) in [5.41, 5.74) is 3.44. The van der Waals surface area contributed by atoms with Gasteiger partial charge in [0.1, 0.15) is 0 Å². The predicted molar refractivity (Wildman–Crippen MR) is 62.2 cm³/mol. The molecule has 4 nitrogen and oxygen atoms in total. The molecule has 1 unspecified atom stereocenters. The van der Waals surface area contributed by atoms with Crippen molar-refractivity contribution in [3.63, 3.8) is 0 Å². The van der Waals surface area contributed by atoms with Crippen molar-refractivity contribution in [3.8, 4) is 0 Å². The average Bonchev–Trinajstić information content (AvgIpc) is 2.85. The van der Waals surface area contributed by atoms with Crippen LogP contribution in [-0.2, 0) is 13.5 Å². The van der Waals surface area contributed by atoms with Crippen molar-refractivity contribution < 1.29 is 4.42 Å². The lowest BCUT2D eigenvalue weighted by atomic mass is 10.1. The van der Waals surface area contributed by atoms with Crippen molar-refractivity contribution in [2.45, 2.75) is 19.4 Å². The number of hydrogen-bond donors (Lipinski definition) is 1. The molecule has 1 N–H and O–H groups in total. The Bertz CT molecular complexity index is 445. The predicted octanol–water partition coefficient (Wildman–Crippen LogP) is 1.82. The first-order valence-corrected chi connectivity index (χ1v) is 5.39. The fourth-order valence-corrected chi connectivity index (χ4v) is 1.92. The van der Waals surface area contributed by atoms with Gasteiger partial charge in [-0.2, -0.15) is 5.10 Å². The molecule has 2 heterocycles. The van der Waals surface area contributed by atoms with Gasteiger partial charge in [0.25, 0.3) is 0 Å². The van der Waals surface area contributed by atoms with E-state index in [1.807, 2.05) is 31.8 Å². The highest BCUT2D eigenvalue weighted by atomic mass is 16.3. The largest absolute Gasteiger partial charge is 0.472 e. The van der Waals surface area contributed by atoms with E-state index >= 15 is 0 Å². The number of nitrogens with zero attached hydrogens (tertiary/aromatic N) is 2. The number of aryl methyl sites for hydroxylation is 2. The summed E-state index contributed by atoms with van der Waals surface area (Å²) in [6.07, 6.45) is 4.39. The third-order valence-corrected chi connectivity index (χ3v) is 2.81. The smallest absolute Gasteiger partial charge is 0.0950 e. The second-order valence-corrected chi connectivity index (χ2v) is 4.00. The van der Waals surface area contributed by atoms with E-state index in [0.29, 0.717) is 0 Å². The fraction of sp³-hybridized carbons (Fsp3) is 0.417. The number of furan rings is 1. The lowest BCUT2D eigenvalue weighted by Crippen LogP contribution is -2.19. The van der Waals surface area contributed by atoms with Gasteiger partial charge in [-0.05, 0) is 26.1 Å². The van der Waals surface area contributed by atoms with Crippen LogP contribution in [-0.4, -0.2) is 16.8 Å². The van der Waals surface area contributed by atoms with E-state index in [0.717, 1.165) is 12.1 Å². The van der Waals surface area contributed by atoms with Gasteiger partial charge >= 0.3 is 0 Å². The number of aromatic nitrogens is 2. The van der Waals surface area contributed by atoms with Crippen LogP contribution >= 0.6 is 0 Å². The zero-order valence-corrected chi connectivity index (χ0v) is 9.90. The Morgan fingerprint density at radius 1 is 1.56 bits per heavy atom. The minimum Gasteiger partial charge on any atom is -0.472 e. The highest BCUT2D eigenvalue weighted by molar-refractivity contribution is 5.17. The molecule has 0 amide bonds. The summed E-state index contributed by atoms with van der Waals surface area (Å²) >= 11 is 0. The molecular formula is C12H17N3O. The summed E-state index contributed by atoms with van der Waals surface area (Å²) < 4.78 is 7.04. The Labute approximate surface area is 95.3 Å². The van der Waals surface area contributed by atoms with Crippen molar-refractivity contribution in [2.75, 3.05) is 7.05 Å². The normalized spacial score (nSPS) is 12.9. The SMILES string of the molecule is CNC(Cc1cc(C)nn1C)c1ccoc1. The fourth-order valence-electron chi connectivity index (χ4n) is 1.92. The van der Waals surface area contributed by atoms with Crippen molar-refractivity contribution in [3.05, 3.63) is 41.6 Å². The first kappa shape index (κ1) is 11.0. The van der Waals surface area contributed by atoms with Gasteiger partial charge in [0.2, 0.25) is 0 Å². The number of likely N-dealkylation sites (N-methyl/N-ethyl adjacent to an activating group) is 1. The van der Waals surface area contributed by atoms with Crippen LogP contribution in [0.4, 0.5) is 0 Å². The lowest BCUT2D eigenvalue weighted by Gasteiger charge is -2.14.